The van der Waals surface area contributed by atoms with Gasteiger partial charge in [-0.1, -0.05) is 6.07 Å². The van der Waals surface area contributed by atoms with E-state index in [9.17, 15) is 4.79 Å². The lowest BCUT2D eigenvalue weighted by molar-refractivity contribution is 0.170. The smallest absolute Gasteiger partial charge is 0.407 e. The molecule has 0 atom stereocenters. The van der Waals surface area contributed by atoms with Crippen LogP contribution < -0.4 is 15.4 Å². The van der Waals surface area contributed by atoms with Crippen LogP contribution in [0.2, 0.25) is 0 Å². The van der Waals surface area contributed by atoms with Crippen molar-refractivity contribution in [2.24, 2.45) is 0 Å². The maximum atomic E-state index is 11.1. The Labute approximate surface area is 118 Å². The van der Waals surface area contributed by atoms with Gasteiger partial charge >= 0.3 is 6.09 Å². The van der Waals surface area contributed by atoms with E-state index >= 15 is 0 Å². The highest BCUT2D eigenvalue weighted by Crippen LogP contribution is 2.44. The summed E-state index contributed by atoms with van der Waals surface area (Å²) in [6.07, 6.45) is 1.81. The van der Waals surface area contributed by atoms with Crippen LogP contribution in [0.1, 0.15) is 24.0 Å². The van der Waals surface area contributed by atoms with Crippen molar-refractivity contribution in [3.63, 3.8) is 0 Å². The van der Waals surface area contributed by atoms with Crippen molar-refractivity contribution in [3.8, 4) is 5.75 Å². The monoisotopic (exact) mass is 276 g/mol. The number of amides is 1. The quantitative estimate of drug-likeness (QED) is 0.860. The minimum absolute atomic E-state index is 0.155. The highest BCUT2D eigenvalue weighted by Gasteiger charge is 2.41. The zero-order valence-corrected chi connectivity index (χ0v) is 11.7. The van der Waals surface area contributed by atoms with Crippen molar-refractivity contribution < 1.29 is 14.3 Å². The Morgan fingerprint density at radius 1 is 1.45 bits per heavy atom. The zero-order chi connectivity index (χ0) is 14.0. The molecule has 1 fully saturated rings. The second kappa shape index (κ2) is 5.32. The molecule has 0 aromatic heterocycles. The van der Waals surface area contributed by atoms with Gasteiger partial charge in [0.1, 0.15) is 5.75 Å². The van der Waals surface area contributed by atoms with E-state index in [0.717, 1.165) is 43.9 Å². The molecule has 2 N–H and O–H groups in total. The minimum Gasteiger partial charge on any atom is -0.492 e. The second-order valence-corrected chi connectivity index (χ2v) is 5.49. The number of hydrogen-bond acceptors (Lipinski definition) is 4. The van der Waals surface area contributed by atoms with E-state index in [1.807, 2.05) is 12.1 Å². The Morgan fingerprint density at radius 3 is 3.00 bits per heavy atom. The molecule has 108 valence electrons. The molecule has 0 bridgehead atoms. The number of hydrogen-bond donors (Lipinski definition) is 2. The van der Waals surface area contributed by atoms with Crippen molar-refractivity contribution in [1.29, 1.82) is 0 Å². The number of rotatable bonds is 2. The van der Waals surface area contributed by atoms with Crippen molar-refractivity contribution in [2.75, 3.05) is 26.8 Å². The molecule has 20 heavy (non-hydrogen) atoms. The average Bonchev–Trinajstić information content (AvgIpc) is 2.84. The van der Waals surface area contributed by atoms with E-state index in [-0.39, 0.29) is 5.41 Å². The van der Waals surface area contributed by atoms with Gasteiger partial charge in [-0.15, -0.1) is 0 Å². The summed E-state index contributed by atoms with van der Waals surface area (Å²) in [5.41, 5.74) is 2.53. The molecule has 0 saturated carbocycles. The molecule has 1 aromatic carbocycles. The lowest BCUT2D eigenvalue weighted by Crippen LogP contribution is -2.41. The fraction of sp³-hybridized carbons (Fsp3) is 0.533. The molecule has 0 radical (unpaired) electrons. The summed E-state index contributed by atoms with van der Waals surface area (Å²) in [7, 11) is 1.37. The maximum Gasteiger partial charge on any atom is 0.407 e. The molecule has 0 aliphatic carbocycles. The molecule has 1 amide bonds. The second-order valence-electron chi connectivity index (χ2n) is 5.49. The summed E-state index contributed by atoms with van der Waals surface area (Å²) in [5, 5.41) is 6.12. The lowest BCUT2D eigenvalue weighted by atomic mass is 9.74. The molecule has 5 heteroatoms. The number of alkyl carbamates (subject to hydrolysis) is 1. The third kappa shape index (κ3) is 2.33. The number of carbonyl (C=O) groups is 1. The molecule has 1 aromatic rings. The van der Waals surface area contributed by atoms with Crippen LogP contribution in [0.4, 0.5) is 4.79 Å². The Hall–Kier alpha value is -1.75. The van der Waals surface area contributed by atoms with Gasteiger partial charge in [0.25, 0.3) is 0 Å². The number of piperidine rings is 1. The lowest BCUT2D eigenvalue weighted by Gasteiger charge is -2.32. The molecule has 0 unspecified atom stereocenters. The number of methoxy groups -OCH3 is 1. The fourth-order valence-corrected chi connectivity index (χ4v) is 3.09. The summed E-state index contributed by atoms with van der Waals surface area (Å²) in [5.74, 6) is 0.994. The normalized spacial score (nSPS) is 19.2. The zero-order valence-electron chi connectivity index (χ0n) is 11.7. The van der Waals surface area contributed by atoms with Crippen molar-refractivity contribution >= 4 is 6.09 Å². The van der Waals surface area contributed by atoms with E-state index < -0.39 is 6.09 Å². The molecule has 2 aliphatic rings. The first kappa shape index (κ1) is 13.2. The predicted octanol–water partition coefficient (Wildman–Crippen LogP) is 1.56. The Bertz CT molecular complexity index is 504. The number of ether oxygens (including phenoxy) is 2. The first-order valence-electron chi connectivity index (χ1n) is 7.02. The fourth-order valence-electron chi connectivity index (χ4n) is 3.09. The first-order valence-corrected chi connectivity index (χ1v) is 7.02. The largest absolute Gasteiger partial charge is 0.492 e. The summed E-state index contributed by atoms with van der Waals surface area (Å²) < 4.78 is 10.4. The van der Waals surface area contributed by atoms with Gasteiger partial charge in [-0.05, 0) is 43.6 Å². The van der Waals surface area contributed by atoms with Crippen molar-refractivity contribution in [1.82, 2.24) is 10.6 Å². The SMILES string of the molecule is COC(=O)NCc1ccc2c(c1)C1(CCNCC1)CO2. The molecular weight excluding hydrogens is 256 g/mol. The van der Waals surface area contributed by atoms with Crippen molar-refractivity contribution in [3.05, 3.63) is 29.3 Å². The summed E-state index contributed by atoms with van der Waals surface area (Å²) >= 11 is 0. The van der Waals surface area contributed by atoms with Crippen molar-refractivity contribution in [2.45, 2.75) is 24.8 Å². The Kier molecular flexibility index (Phi) is 3.53. The molecule has 3 rings (SSSR count). The average molecular weight is 276 g/mol. The van der Waals surface area contributed by atoms with Crippen LogP contribution in [0, 0.1) is 0 Å². The number of carbonyl (C=O) groups excluding carboxylic acids is 1. The highest BCUT2D eigenvalue weighted by atomic mass is 16.5. The Morgan fingerprint density at radius 2 is 2.25 bits per heavy atom. The standard InChI is InChI=1S/C15H20N2O3/c1-19-14(18)17-9-11-2-3-13-12(8-11)15(10-20-13)4-6-16-7-5-15/h2-3,8,16H,4-7,9-10H2,1H3,(H,17,18). The van der Waals surface area contributed by atoms with E-state index in [2.05, 4.69) is 21.4 Å². The van der Waals surface area contributed by atoms with Gasteiger partial charge in [-0.3, -0.25) is 0 Å². The number of benzene rings is 1. The first-order chi connectivity index (χ1) is 9.73. The van der Waals surface area contributed by atoms with Gasteiger partial charge in [0.05, 0.1) is 13.7 Å². The third-order valence-electron chi connectivity index (χ3n) is 4.30. The van der Waals surface area contributed by atoms with E-state index in [1.165, 1.54) is 12.7 Å². The maximum absolute atomic E-state index is 11.1. The van der Waals surface area contributed by atoms with Crippen LogP contribution in [0.25, 0.3) is 0 Å². The predicted molar refractivity (Wildman–Crippen MR) is 75.0 cm³/mol. The van der Waals surface area contributed by atoms with Crippen LogP contribution >= 0.6 is 0 Å². The number of fused-ring (bicyclic) bond motifs is 2. The summed E-state index contributed by atoms with van der Waals surface area (Å²) in [6, 6.07) is 6.18. The van der Waals surface area contributed by atoms with E-state index in [0.29, 0.717) is 6.54 Å². The Balaban J connectivity index is 1.80. The topological polar surface area (TPSA) is 59.6 Å². The molecule has 2 heterocycles. The summed E-state index contributed by atoms with van der Waals surface area (Å²) in [4.78, 5) is 11.1. The van der Waals surface area contributed by atoms with Crippen LogP contribution in [-0.4, -0.2) is 32.9 Å². The van der Waals surface area contributed by atoms with Crippen LogP contribution in [0.15, 0.2) is 18.2 Å². The molecule has 1 spiro atoms. The molecule has 2 aliphatic heterocycles. The van der Waals surface area contributed by atoms with Gasteiger partial charge in [-0.25, -0.2) is 4.79 Å². The van der Waals surface area contributed by atoms with Crippen LogP contribution in [0.5, 0.6) is 5.75 Å². The minimum atomic E-state index is -0.404. The van der Waals surface area contributed by atoms with E-state index in [1.54, 1.807) is 0 Å². The van der Waals surface area contributed by atoms with Gasteiger partial charge < -0.3 is 20.1 Å². The molecular formula is C15H20N2O3. The van der Waals surface area contributed by atoms with E-state index in [4.69, 9.17) is 4.74 Å². The van der Waals surface area contributed by atoms with Crippen LogP contribution in [-0.2, 0) is 16.7 Å². The van der Waals surface area contributed by atoms with Gasteiger partial charge in [0.2, 0.25) is 0 Å². The van der Waals surface area contributed by atoms with Crippen LogP contribution in [0.3, 0.4) is 0 Å². The van der Waals surface area contributed by atoms with Gasteiger partial charge in [-0.2, -0.15) is 0 Å². The van der Waals surface area contributed by atoms with Gasteiger partial charge in [0.15, 0.2) is 0 Å². The van der Waals surface area contributed by atoms with Gasteiger partial charge in [0, 0.05) is 17.5 Å². The molecule has 1 saturated heterocycles. The molecule has 5 nitrogen and oxygen atoms in total. The highest BCUT2D eigenvalue weighted by molar-refractivity contribution is 5.67. The number of nitrogens with one attached hydrogen (secondary N) is 2. The third-order valence-corrected chi connectivity index (χ3v) is 4.30. The summed E-state index contributed by atoms with van der Waals surface area (Å²) in [6.45, 7) is 3.33.